The van der Waals surface area contributed by atoms with Crippen molar-refractivity contribution in [1.82, 2.24) is 0 Å². The van der Waals surface area contributed by atoms with Crippen LogP contribution in [0.2, 0.25) is 0 Å². The highest BCUT2D eigenvalue weighted by atomic mass is 16.6. The molecule has 0 fully saturated rings. The Morgan fingerprint density at radius 1 is 1.27 bits per heavy atom. The van der Waals surface area contributed by atoms with Gasteiger partial charge in [0, 0.05) is 6.42 Å². The Labute approximate surface area is 130 Å². The number of anilines is 1. The van der Waals surface area contributed by atoms with Crippen LogP contribution >= 0.6 is 0 Å². The van der Waals surface area contributed by atoms with Crippen LogP contribution < -0.4 is 10.1 Å². The SMILES string of the molecule is CCOc1ccc(CCC(=O)O)cc1NC(=O)OC(C)(C)C. The molecule has 6 heteroatoms. The van der Waals surface area contributed by atoms with Crippen molar-refractivity contribution in [2.75, 3.05) is 11.9 Å². The number of carboxylic acid groups (broad SMARTS) is 1. The van der Waals surface area contributed by atoms with E-state index in [0.29, 0.717) is 24.5 Å². The van der Waals surface area contributed by atoms with Gasteiger partial charge in [-0.1, -0.05) is 6.07 Å². The molecule has 0 aliphatic heterocycles. The molecule has 6 nitrogen and oxygen atoms in total. The Bertz CT molecular complexity index is 534. The molecule has 0 radical (unpaired) electrons. The standard InChI is InChI=1S/C16H23NO5/c1-5-21-13-8-6-11(7-9-14(18)19)10-12(13)17-15(20)22-16(2,3)4/h6,8,10H,5,7,9H2,1-4H3,(H,17,20)(H,18,19). The largest absolute Gasteiger partial charge is 0.492 e. The van der Waals surface area contributed by atoms with E-state index in [2.05, 4.69) is 5.32 Å². The molecule has 0 aliphatic carbocycles. The van der Waals surface area contributed by atoms with E-state index in [9.17, 15) is 9.59 Å². The van der Waals surface area contributed by atoms with Gasteiger partial charge in [0.15, 0.2) is 0 Å². The Morgan fingerprint density at radius 3 is 2.50 bits per heavy atom. The average molecular weight is 309 g/mol. The molecule has 1 aromatic carbocycles. The van der Waals surface area contributed by atoms with Crippen molar-refractivity contribution >= 4 is 17.7 Å². The van der Waals surface area contributed by atoms with Crippen molar-refractivity contribution in [3.63, 3.8) is 0 Å². The van der Waals surface area contributed by atoms with Crippen LogP contribution in [0.1, 0.15) is 39.7 Å². The molecule has 22 heavy (non-hydrogen) atoms. The zero-order valence-corrected chi connectivity index (χ0v) is 13.4. The maximum absolute atomic E-state index is 11.9. The van der Waals surface area contributed by atoms with E-state index in [0.717, 1.165) is 5.56 Å². The number of rotatable bonds is 6. The number of nitrogens with one attached hydrogen (secondary N) is 1. The summed E-state index contributed by atoms with van der Waals surface area (Å²) in [6.45, 7) is 7.63. The predicted octanol–water partition coefficient (Wildman–Crippen LogP) is 3.45. The number of carbonyl (C=O) groups is 2. The number of carboxylic acids is 1. The zero-order valence-electron chi connectivity index (χ0n) is 13.4. The van der Waals surface area contributed by atoms with Crippen LogP contribution in [-0.4, -0.2) is 29.4 Å². The highest BCUT2D eigenvalue weighted by Gasteiger charge is 2.18. The van der Waals surface area contributed by atoms with Crippen LogP contribution in [0.15, 0.2) is 18.2 Å². The summed E-state index contributed by atoms with van der Waals surface area (Å²) in [5.41, 5.74) is 0.674. The molecule has 0 aromatic heterocycles. The normalized spacial score (nSPS) is 10.9. The second-order valence-corrected chi connectivity index (χ2v) is 5.78. The van der Waals surface area contributed by atoms with Crippen molar-refractivity contribution in [3.05, 3.63) is 23.8 Å². The lowest BCUT2D eigenvalue weighted by Crippen LogP contribution is -2.27. The smallest absolute Gasteiger partial charge is 0.412 e. The van der Waals surface area contributed by atoms with Gasteiger partial charge in [-0.15, -0.1) is 0 Å². The second-order valence-electron chi connectivity index (χ2n) is 5.78. The second kappa shape index (κ2) is 7.68. The average Bonchev–Trinajstić information content (AvgIpc) is 2.36. The molecular weight excluding hydrogens is 286 g/mol. The molecule has 0 unspecified atom stereocenters. The Balaban J connectivity index is 2.89. The molecular formula is C16H23NO5. The minimum absolute atomic E-state index is 0.0276. The predicted molar refractivity (Wildman–Crippen MR) is 83.4 cm³/mol. The fraction of sp³-hybridized carbons (Fsp3) is 0.500. The summed E-state index contributed by atoms with van der Waals surface area (Å²) < 4.78 is 10.7. The topological polar surface area (TPSA) is 84.9 Å². The Morgan fingerprint density at radius 2 is 1.95 bits per heavy atom. The van der Waals surface area contributed by atoms with Gasteiger partial charge in [0.25, 0.3) is 0 Å². The third kappa shape index (κ3) is 6.47. The van der Waals surface area contributed by atoms with E-state index < -0.39 is 17.7 Å². The Kier molecular flexibility index (Phi) is 6.22. The first kappa shape index (κ1) is 17.8. The van der Waals surface area contributed by atoms with Crippen LogP contribution in [-0.2, 0) is 16.0 Å². The van der Waals surface area contributed by atoms with Crippen molar-refractivity contribution in [3.8, 4) is 5.75 Å². The lowest BCUT2D eigenvalue weighted by atomic mass is 10.1. The van der Waals surface area contributed by atoms with Crippen molar-refractivity contribution in [2.24, 2.45) is 0 Å². The summed E-state index contributed by atoms with van der Waals surface area (Å²) in [7, 11) is 0. The molecule has 0 atom stereocenters. The molecule has 1 amide bonds. The summed E-state index contributed by atoms with van der Waals surface area (Å²) >= 11 is 0. The van der Waals surface area contributed by atoms with Crippen LogP contribution in [0.4, 0.5) is 10.5 Å². The molecule has 0 heterocycles. The maximum atomic E-state index is 11.9. The fourth-order valence-corrected chi connectivity index (χ4v) is 1.78. The van der Waals surface area contributed by atoms with Crippen LogP contribution in [0, 0.1) is 0 Å². The van der Waals surface area contributed by atoms with Gasteiger partial charge in [-0.2, -0.15) is 0 Å². The van der Waals surface area contributed by atoms with E-state index >= 15 is 0 Å². The van der Waals surface area contributed by atoms with Crippen molar-refractivity contribution < 1.29 is 24.2 Å². The highest BCUT2D eigenvalue weighted by molar-refractivity contribution is 5.87. The summed E-state index contributed by atoms with van der Waals surface area (Å²) in [4.78, 5) is 22.5. The number of aliphatic carboxylic acids is 1. The molecule has 0 saturated heterocycles. The van der Waals surface area contributed by atoms with Crippen LogP contribution in [0.25, 0.3) is 0 Å². The van der Waals surface area contributed by atoms with Crippen molar-refractivity contribution in [2.45, 2.75) is 46.1 Å². The number of hydrogen-bond acceptors (Lipinski definition) is 4. The molecule has 122 valence electrons. The molecule has 0 saturated carbocycles. The minimum atomic E-state index is -0.865. The van der Waals surface area contributed by atoms with E-state index in [1.54, 1.807) is 39.0 Å². The molecule has 0 bridgehead atoms. The number of carbonyl (C=O) groups excluding carboxylic acids is 1. The number of benzene rings is 1. The summed E-state index contributed by atoms with van der Waals surface area (Å²) in [5.74, 6) is -0.344. The molecule has 0 aliphatic rings. The number of aryl methyl sites for hydroxylation is 1. The maximum Gasteiger partial charge on any atom is 0.412 e. The van der Waals surface area contributed by atoms with Gasteiger partial charge in [-0.3, -0.25) is 10.1 Å². The van der Waals surface area contributed by atoms with Gasteiger partial charge in [-0.05, 0) is 51.8 Å². The molecule has 1 rings (SSSR count). The van der Waals surface area contributed by atoms with Gasteiger partial charge in [0.1, 0.15) is 11.4 Å². The highest BCUT2D eigenvalue weighted by Crippen LogP contribution is 2.27. The first-order valence-electron chi connectivity index (χ1n) is 7.19. The van der Waals surface area contributed by atoms with E-state index in [4.69, 9.17) is 14.6 Å². The van der Waals surface area contributed by atoms with Crippen molar-refractivity contribution in [1.29, 1.82) is 0 Å². The lowest BCUT2D eigenvalue weighted by molar-refractivity contribution is -0.136. The molecule has 2 N–H and O–H groups in total. The summed E-state index contributed by atoms with van der Waals surface area (Å²) in [6.07, 6.45) is -0.172. The monoisotopic (exact) mass is 309 g/mol. The number of amides is 1. The zero-order chi connectivity index (χ0) is 16.8. The van der Waals surface area contributed by atoms with E-state index in [-0.39, 0.29) is 6.42 Å². The minimum Gasteiger partial charge on any atom is -0.492 e. The van der Waals surface area contributed by atoms with Gasteiger partial charge in [0.2, 0.25) is 0 Å². The fourth-order valence-electron chi connectivity index (χ4n) is 1.78. The van der Waals surface area contributed by atoms with Crippen LogP contribution in [0.3, 0.4) is 0 Å². The van der Waals surface area contributed by atoms with Gasteiger partial charge in [0.05, 0.1) is 12.3 Å². The quantitative estimate of drug-likeness (QED) is 0.840. The van der Waals surface area contributed by atoms with Gasteiger partial charge < -0.3 is 14.6 Å². The first-order chi connectivity index (χ1) is 10.2. The molecule has 1 aromatic rings. The Hall–Kier alpha value is -2.24. The van der Waals surface area contributed by atoms with E-state index in [1.165, 1.54) is 0 Å². The number of ether oxygens (including phenoxy) is 2. The van der Waals surface area contributed by atoms with Crippen LogP contribution in [0.5, 0.6) is 5.75 Å². The third-order valence-electron chi connectivity index (χ3n) is 2.61. The van der Waals surface area contributed by atoms with Gasteiger partial charge >= 0.3 is 12.1 Å². The third-order valence-corrected chi connectivity index (χ3v) is 2.61. The first-order valence-corrected chi connectivity index (χ1v) is 7.19. The molecule has 0 spiro atoms. The lowest BCUT2D eigenvalue weighted by Gasteiger charge is -2.20. The summed E-state index contributed by atoms with van der Waals surface area (Å²) in [5, 5.41) is 11.4. The van der Waals surface area contributed by atoms with E-state index in [1.807, 2.05) is 6.92 Å². The summed E-state index contributed by atoms with van der Waals surface area (Å²) in [6, 6.07) is 5.21. The number of hydrogen-bond donors (Lipinski definition) is 2. The van der Waals surface area contributed by atoms with Gasteiger partial charge in [-0.25, -0.2) is 4.79 Å².